The van der Waals surface area contributed by atoms with E-state index in [4.69, 9.17) is 4.74 Å². The number of alkyl halides is 1. The lowest BCUT2D eigenvalue weighted by atomic mass is 10.0. The lowest BCUT2D eigenvalue weighted by Gasteiger charge is -2.12. The van der Waals surface area contributed by atoms with Gasteiger partial charge in [0.15, 0.2) is 11.6 Å². The molecule has 0 amide bonds. The normalized spacial score (nSPS) is 12.2. The summed E-state index contributed by atoms with van der Waals surface area (Å²) in [5, 5.41) is 0. The van der Waals surface area contributed by atoms with Crippen LogP contribution in [-0.4, -0.2) is 12.1 Å². The number of ether oxygens (including phenoxy) is 1. The largest absolute Gasteiger partial charge is 0.494 e. The molecule has 2 rings (SSSR count). The molecule has 2 aromatic rings. The molecule has 0 aliphatic rings. The van der Waals surface area contributed by atoms with Crippen LogP contribution in [-0.2, 0) is 6.42 Å². The number of halogens is 2. The summed E-state index contributed by atoms with van der Waals surface area (Å²) in [7, 11) is 1.47. The van der Waals surface area contributed by atoms with Crippen molar-refractivity contribution in [2.45, 2.75) is 11.2 Å². The molecule has 0 aliphatic heterocycles. The van der Waals surface area contributed by atoms with Gasteiger partial charge in [-0.05, 0) is 41.8 Å². The summed E-state index contributed by atoms with van der Waals surface area (Å²) in [5.74, 6) is -0.0726. The van der Waals surface area contributed by atoms with E-state index in [1.54, 1.807) is 24.5 Å². The number of pyridine rings is 1. The summed E-state index contributed by atoms with van der Waals surface area (Å²) >= 11 is 3.61. The number of aromatic nitrogens is 1. The lowest BCUT2D eigenvalue weighted by Crippen LogP contribution is -1.97. The standard InChI is InChI=1S/C14H13BrFNO/c1-18-14-9-11(2-3-13(14)16)12(15)8-10-4-6-17-7-5-10/h2-7,9,12H,8H2,1H3. The number of methoxy groups -OCH3 is 1. The monoisotopic (exact) mass is 309 g/mol. The van der Waals surface area contributed by atoms with Gasteiger partial charge in [-0.25, -0.2) is 4.39 Å². The van der Waals surface area contributed by atoms with Gasteiger partial charge in [0.25, 0.3) is 0 Å². The first-order valence-electron chi connectivity index (χ1n) is 5.57. The number of nitrogens with zero attached hydrogens (tertiary/aromatic N) is 1. The van der Waals surface area contributed by atoms with E-state index in [0.29, 0.717) is 0 Å². The molecule has 0 aliphatic carbocycles. The Morgan fingerprint density at radius 1 is 1.28 bits per heavy atom. The predicted octanol–water partition coefficient (Wildman–Crippen LogP) is 3.91. The van der Waals surface area contributed by atoms with Gasteiger partial charge in [-0.3, -0.25) is 4.98 Å². The van der Waals surface area contributed by atoms with E-state index in [2.05, 4.69) is 20.9 Å². The van der Waals surface area contributed by atoms with Crippen molar-refractivity contribution in [2.24, 2.45) is 0 Å². The van der Waals surface area contributed by atoms with Crippen LogP contribution in [0.25, 0.3) is 0 Å². The molecule has 0 bridgehead atoms. The Balaban J connectivity index is 2.16. The van der Waals surface area contributed by atoms with Crippen LogP contribution in [0.3, 0.4) is 0 Å². The van der Waals surface area contributed by atoms with Gasteiger partial charge in [-0.15, -0.1) is 0 Å². The van der Waals surface area contributed by atoms with Crippen molar-refractivity contribution >= 4 is 15.9 Å². The van der Waals surface area contributed by atoms with Gasteiger partial charge in [-0.1, -0.05) is 22.0 Å². The fourth-order valence-corrected chi connectivity index (χ4v) is 2.37. The van der Waals surface area contributed by atoms with E-state index in [1.165, 1.54) is 18.7 Å². The van der Waals surface area contributed by atoms with Crippen LogP contribution in [0.2, 0.25) is 0 Å². The van der Waals surface area contributed by atoms with Crippen molar-refractivity contribution in [1.82, 2.24) is 4.98 Å². The van der Waals surface area contributed by atoms with Crippen molar-refractivity contribution in [3.05, 3.63) is 59.7 Å². The Labute approximate surface area is 114 Å². The zero-order valence-electron chi connectivity index (χ0n) is 9.94. The zero-order chi connectivity index (χ0) is 13.0. The van der Waals surface area contributed by atoms with E-state index in [0.717, 1.165) is 12.0 Å². The summed E-state index contributed by atoms with van der Waals surface area (Å²) in [6.07, 6.45) is 4.35. The van der Waals surface area contributed by atoms with Crippen LogP contribution < -0.4 is 4.74 Å². The highest BCUT2D eigenvalue weighted by atomic mass is 79.9. The van der Waals surface area contributed by atoms with Crippen molar-refractivity contribution in [3.8, 4) is 5.75 Å². The number of hydrogen-bond acceptors (Lipinski definition) is 2. The number of hydrogen-bond donors (Lipinski definition) is 0. The Kier molecular flexibility index (Phi) is 4.31. The number of rotatable bonds is 4. The fraction of sp³-hybridized carbons (Fsp3) is 0.214. The molecule has 0 fully saturated rings. The van der Waals surface area contributed by atoms with Gasteiger partial charge >= 0.3 is 0 Å². The molecule has 0 N–H and O–H groups in total. The second-order valence-corrected chi connectivity index (χ2v) is 5.03. The van der Waals surface area contributed by atoms with Crippen LogP contribution in [0.5, 0.6) is 5.75 Å². The number of benzene rings is 1. The first-order chi connectivity index (χ1) is 8.70. The third-order valence-electron chi connectivity index (χ3n) is 2.70. The second-order valence-electron chi connectivity index (χ2n) is 3.92. The van der Waals surface area contributed by atoms with Gasteiger partial charge in [0.1, 0.15) is 0 Å². The first kappa shape index (κ1) is 13.0. The summed E-state index contributed by atoms with van der Waals surface area (Å²) in [5.41, 5.74) is 2.17. The highest BCUT2D eigenvalue weighted by Crippen LogP contribution is 2.30. The first-order valence-corrected chi connectivity index (χ1v) is 6.48. The minimum atomic E-state index is -0.343. The molecule has 1 aromatic carbocycles. The molecule has 1 atom stereocenters. The molecular formula is C14H13BrFNO. The zero-order valence-corrected chi connectivity index (χ0v) is 11.5. The summed E-state index contributed by atoms with van der Waals surface area (Å²) in [6.45, 7) is 0. The fourth-order valence-electron chi connectivity index (χ4n) is 1.71. The average molecular weight is 310 g/mol. The molecule has 1 aromatic heterocycles. The Morgan fingerprint density at radius 2 is 2.00 bits per heavy atom. The van der Waals surface area contributed by atoms with Gasteiger partial charge < -0.3 is 4.74 Å². The van der Waals surface area contributed by atoms with Crippen LogP contribution in [0.15, 0.2) is 42.7 Å². The van der Waals surface area contributed by atoms with Crippen molar-refractivity contribution in [3.63, 3.8) is 0 Å². The van der Waals surface area contributed by atoms with E-state index in [1.807, 2.05) is 12.1 Å². The third-order valence-corrected chi connectivity index (χ3v) is 3.55. The van der Waals surface area contributed by atoms with E-state index < -0.39 is 0 Å². The van der Waals surface area contributed by atoms with Crippen molar-refractivity contribution in [2.75, 3.05) is 7.11 Å². The molecule has 2 nitrogen and oxygen atoms in total. The van der Waals surface area contributed by atoms with E-state index in [9.17, 15) is 4.39 Å². The minimum absolute atomic E-state index is 0.120. The quantitative estimate of drug-likeness (QED) is 0.799. The van der Waals surface area contributed by atoms with E-state index in [-0.39, 0.29) is 16.4 Å². The molecule has 0 saturated heterocycles. The SMILES string of the molecule is COc1cc(C(Br)Cc2ccncc2)ccc1F. The van der Waals surface area contributed by atoms with Crippen LogP contribution >= 0.6 is 15.9 Å². The summed E-state index contributed by atoms with van der Waals surface area (Å²) in [4.78, 5) is 4.10. The Bertz CT molecular complexity index is 518. The topological polar surface area (TPSA) is 22.1 Å². The highest BCUT2D eigenvalue weighted by molar-refractivity contribution is 9.09. The van der Waals surface area contributed by atoms with Crippen molar-refractivity contribution < 1.29 is 9.13 Å². The molecule has 0 spiro atoms. The van der Waals surface area contributed by atoms with Gasteiger partial charge in [0, 0.05) is 17.2 Å². The van der Waals surface area contributed by atoms with Crippen molar-refractivity contribution in [1.29, 1.82) is 0 Å². The molecule has 1 heterocycles. The molecule has 94 valence electrons. The maximum atomic E-state index is 13.3. The maximum absolute atomic E-state index is 13.3. The molecule has 1 unspecified atom stereocenters. The second kappa shape index (κ2) is 5.96. The third kappa shape index (κ3) is 3.07. The van der Waals surface area contributed by atoms with Crippen LogP contribution in [0.4, 0.5) is 4.39 Å². The molecule has 0 saturated carbocycles. The maximum Gasteiger partial charge on any atom is 0.165 e. The lowest BCUT2D eigenvalue weighted by molar-refractivity contribution is 0.386. The van der Waals surface area contributed by atoms with E-state index >= 15 is 0 Å². The Hall–Kier alpha value is -1.42. The Morgan fingerprint density at radius 3 is 2.67 bits per heavy atom. The highest BCUT2D eigenvalue weighted by Gasteiger charge is 2.11. The summed E-state index contributed by atoms with van der Waals surface area (Å²) < 4.78 is 18.3. The molecular weight excluding hydrogens is 297 g/mol. The van der Waals surface area contributed by atoms with Gasteiger partial charge in [0.05, 0.1) is 7.11 Å². The van der Waals surface area contributed by atoms with Gasteiger partial charge in [-0.2, -0.15) is 0 Å². The predicted molar refractivity (Wildman–Crippen MR) is 72.6 cm³/mol. The summed E-state index contributed by atoms with van der Waals surface area (Å²) in [6, 6.07) is 8.84. The average Bonchev–Trinajstić information content (AvgIpc) is 2.40. The van der Waals surface area contributed by atoms with Gasteiger partial charge in [0.2, 0.25) is 0 Å². The molecule has 18 heavy (non-hydrogen) atoms. The molecule has 4 heteroatoms. The molecule has 0 radical (unpaired) electrons. The van der Waals surface area contributed by atoms with Crippen LogP contribution in [0.1, 0.15) is 16.0 Å². The smallest absolute Gasteiger partial charge is 0.165 e. The minimum Gasteiger partial charge on any atom is -0.494 e. The van der Waals surface area contributed by atoms with Crippen LogP contribution in [0, 0.1) is 5.82 Å².